The number of phenolic OH excluding ortho intramolecular Hbond substituents is 1. The van der Waals surface area contributed by atoms with Gasteiger partial charge in [-0.05, 0) is 37.3 Å². The molecule has 2 heterocycles. The third-order valence-corrected chi connectivity index (χ3v) is 4.95. The SMILES string of the molecule is CCOCN1C2=C(C(=O)Nc3ccc(O)cc3F)C(=O)CCN2c2ccc(F)cc21. The zero-order chi connectivity index (χ0) is 21.4. The predicted molar refractivity (Wildman–Crippen MR) is 106 cm³/mol. The lowest BCUT2D eigenvalue weighted by Gasteiger charge is -2.30. The van der Waals surface area contributed by atoms with Crippen molar-refractivity contribution in [3.63, 3.8) is 0 Å². The van der Waals surface area contributed by atoms with Crippen LogP contribution >= 0.6 is 0 Å². The monoisotopic (exact) mass is 415 g/mol. The van der Waals surface area contributed by atoms with Crippen LogP contribution in [0, 0.1) is 11.6 Å². The molecule has 156 valence electrons. The quantitative estimate of drug-likeness (QED) is 0.577. The molecule has 1 amide bonds. The molecule has 0 saturated heterocycles. The fraction of sp³-hybridized carbons (Fsp3) is 0.238. The predicted octanol–water partition coefficient (Wildman–Crippen LogP) is 3.11. The molecule has 0 fully saturated rings. The number of hydrogen-bond donors (Lipinski definition) is 2. The number of benzene rings is 2. The van der Waals surface area contributed by atoms with Crippen LogP contribution in [0.4, 0.5) is 25.8 Å². The Morgan fingerprint density at radius 2 is 2.00 bits per heavy atom. The highest BCUT2D eigenvalue weighted by molar-refractivity contribution is 6.25. The zero-order valence-corrected chi connectivity index (χ0v) is 16.1. The minimum Gasteiger partial charge on any atom is -0.508 e. The van der Waals surface area contributed by atoms with Crippen molar-refractivity contribution in [3.8, 4) is 5.75 Å². The molecule has 0 spiro atoms. The smallest absolute Gasteiger partial charge is 0.263 e. The maximum atomic E-state index is 14.1. The van der Waals surface area contributed by atoms with Gasteiger partial charge in [-0.3, -0.25) is 9.59 Å². The first-order valence-electron chi connectivity index (χ1n) is 9.40. The molecule has 0 atom stereocenters. The van der Waals surface area contributed by atoms with Crippen LogP contribution < -0.4 is 15.1 Å². The van der Waals surface area contributed by atoms with Crippen molar-refractivity contribution in [2.75, 3.05) is 35.0 Å². The average Bonchev–Trinajstić information content (AvgIpc) is 3.00. The molecule has 0 aromatic heterocycles. The number of amides is 1. The maximum absolute atomic E-state index is 14.1. The number of halogens is 2. The fourth-order valence-electron chi connectivity index (χ4n) is 3.61. The first-order chi connectivity index (χ1) is 14.4. The molecule has 30 heavy (non-hydrogen) atoms. The van der Waals surface area contributed by atoms with E-state index in [4.69, 9.17) is 4.74 Å². The highest BCUT2D eigenvalue weighted by atomic mass is 19.1. The molecule has 9 heteroatoms. The minimum absolute atomic E-state index is 0.0103. The van der Waals surface area contributed by atoms with E-state index in [2.05, 4.69) is 5.32 Å². The molecule has 2 aromatic rings. The van der Waals surface area contributed by atoms with Gasteiger partial charge in [0.05, 0.1) is 17.1 Å². The van der Waals surface area contributed by atoms with Crippen molar-refractivity contribution in [2.45, 2.75) is 13.3 Å². The maximum Gasteiger partial charge on any atom is 0.263 e. The Morgan fingerprint density at radius 3 is 2.73 bits per heavy atom. The van der Waals surface area contributed by atoms with Crippen molar-refractivity contribution < 1.29 is 28.2 Å². The van der Waals surface area contributed by atoms with E-state index in [0.717, 1.165) is 6.07 Å². The number of ketones is 1. The van der Waals surface area contributed by atoms with Crippen LogP contribution in [-0.2, 0) is 14.3 Å². The molecule has 2 aliphatic rings. The van der Waals surface area contributed by atoms with Gasteiger partial charge in [0, 0.05) is 25.6 Å². The van der Waals surface area contributed by atoms with Crippen molar-refractivity contribution in [2.24, 2.45) is 0 Å². The number of nitrogens with one attached hydrogen (secondary N) is 1. The number of carbonyl (C=O) groups excluding carboxylic acids is 2. The van der Waals surface area contributed by atoms with Gasteiger partial charge in [-0.15, -0.1) is 0 Å². The molecular formula is C21H19F2N3O4. The van der Waals surface area contributed by atoms with Crippen molar-refractivity contribution in [1.82, 2.24) is 0 Å². The Kier molecular flexibility index (Phi) is 5.13. The summed E-state index contributed by atoms with van der Waals surface area (Å²) < 4.78 is 33.5. The van der Waals surface area contributed by atoms with E-state index in [1.807, 2.05) is 0 Å². The van der Waals surface area contributed by atoms with E-state index in [1.165, 1.54) is 24.3 Å². The summed E-state index contributed by atoms with van der Waals surface area (Å²) >= 11 is 0. The van der Waals surface area contributed by atoms with Crippen LogP contribution in [0.1, 0.15) is 13.3 Å². The van der Waals surface area contributed by atoms with E-state index < -0.39 is 23.3 Å². The fourth-order valence-corrected chi connectivity index (χ4v) is 3.61. The normalized spacial score (nSPS) is 15.4. The summed E-state index contributed by atoms with van der Waals surface area (Å²) in [4.78, 5) is 29.1. The van der Waals surface area contributed by atoms with Crippen LogP contribution in [0.5, 0.6) is 5.75 Å². The summed E-state index contributed by atoms with van der Waals surface area (Å²) in [5, 5.41) is 11.7. The Balaban J connectivity index is 1.79. The van der Waals surface area contributed by atoms with Crippen LogP contribution in [0.25, 0.3) is 0 Å². The van der Waals surface area contributed by atoms with Gasteiger partial charge in [0.15, 0.2) is 5.78 Å². The van der Waals surface area contributed by atoms with Gasteiger partial charge in [-0.25, -0.2) is 8.78 Å². The summed E-state index contributed by atoms with van der Waals surface area (Å²) in [5.41, 5.74) is 0.799. The van der Waals surface area contributed by atoms with Gasteiger partial charge in [0.1, 0.15) is 35.5 Å². The number of Topliss-reactive ketones (excluding diaryl/α,β-unsaturated/α-hetero) is 1. The molecule has 4 rings (SSSR count). The molecule has 2 N–H and O–H groups in total. The molecule has 0 bridgehead atoms. The number of carbonyl (C=O) groups is 2. The molecule has 2 aliphatic heterocycles. The van der Waals surface area contributed by atoms with Gasteiger partial charge in [0.2, 0.25) is 0 Å². The second kappa shape index (κ2) is 7.75. The van der Waals surface area contributed by atoms with E-state index >= 15 is 0 Å². The van der Waals surface area contributed by atoms with Crippen LogP contribution in [-0.4, -0.2) is 36.7 Å². The number of fused-ring (bicyclic) bond motifs is 3. The van der Waals surface area contributed by atoms with Gasteiger partial charge in [-0.1, -0.05) is 0 Å². The lowest BCUT2D eigenvalue weighted by atomic mass is 10.0. The average molecular weight is 415 g/mol. The molecule has 0 radical (unpaired) electrons. The number of aromatic hydroxyl groups is 1. The Morgan fingerprint density at radius 1 is 1.20 bits per heavy atom. The Bertz CT molecular complexity index is 1070. The van der Waals surface area contributed by atoms with Gasteiger partial charge in [0.25, 0.3) is 5.91 Å². The minimum atomic E-state index is -0.836. The topological polar surface area (TPSA) is 82.1 Å². The van der Waals surface area contributed by atoms with Crippen molar-refractivity contribution in [3.05, 3.63) is 59.4 Å². The van der Waals surface area contributed by atoms with E-state index in [-0.39, 0.29) is 36.0 Å². The largest absolute Gasteiger partial charge is 0.508 e. The number of ether oxygens (including phenoxy) is 1. The number of phenols is 1. The van der Waals surface area contributed by atoms with Crippen LogP contribution in [0.15, 0.2) is 47.8 Å². The number of nitrogens with zero attached hydrogens (tertiary/aromatic N) is 2. The zero-order valence-electron chi connectivity index (χ0n) is 16.1. The highest BCUT2D eigenvalue weighted by Gasteiger charge is 2.41. The first-order valence-corrected chi connectivity index (χ1v) is 9.40. The summed E-state index contributed by atoms with van der Waals surface area (Å²) in [6.07, 6.45) is 0.0730. The van der Waals surface area contributed by atoms with E-state index in [0.29, 0.717) is 24.5 Å². The lowest BCUT2D eigenvalue weighted by molar-refractivity contribution is -0.120. The number of hydrogen-bond acceptors (Lipinski definition) is 6. The van der Waals surface area contributed by atoms with Gasteiger partial charge >= 0.3 is 0 Å². The molecular weight excluding hydrogens is 396 g/mol. The highest BCUT2D eigenvalue weighted by Crippen LogP contribution is 2.45. The molecule has 7 nitrogen and oxygen atoms in total. The third kappa shape index (κ3) is 3.37. The number of anilines is 3. The summed E-state index contributed by atoms with van der Waals surface area (Å²) in [6.45, 7) is 2.50. The van der Waals surface area contributed by atoms with Gasteiger partial charge in [-0.2, -0.15) is 0 Å². The summed E-state index contributed by atoms with van der Waals surface area (Å²) in [7, 11) is 0. The van der Waals surface area contributed by atoms with Crippen LogP contribution in [0.3, 0.4) is 0 Å². The number of rotatable bonds is 5. The van der Waals surface area contributed by atoms with Gasteiger partial charge < -0.3 is 25.0 Å². The second-order valence-corrected chi connectivity index (χ2v) is 6.82. The molecule has 0 aliphatic carbocycles. The lowest BCUT2D eigenvalue weighted by Crippen LogP contribution is -2.41. The van der Waals surface area contributed by atoms with E-state index in [1.54, 1.807) is 22.8 Å². The Hall–Kier alpha value is -3.46. The Labute approximate surface area is 171 Å². The molecule has 0 saturated carbocycles. The first kappa shape index (κ1) is 19.8. The van der Waals surface area contributed by atoms with Crippen molar-refractivity contribution >= 4 is 28.8 Å². The standard InChI is InChI=1S/C21H19F2N3O4/c1-2-30-11-26-17-9-12(22)3-6-16(17)25-8-7-18(28)19(21(25)26)20(29)24-15-5-4-13(27)10-14(15)23/h3-6,9-10,27H,2,7-8,11H2,1H3,(H,24,29). The van der Waals surface area contributed by atoms with E-state index in [9.17, 15) is 23.5 Å². The molecule has 0 unspecified atom stereocenters. The molecule has 2 aromatic carbocycles. The van der Waals surface area contributed by atoms with Crippen molar-refractivity contribution in [1.29, 1.82) is 0 Å². The third-order valence-electron chi connectivity index (χ3n) is 4.95. The summed E-state index contributed by atoms with van der Waals surface area (Å²) in [5.74, 6) is -2.51. The van der Waals surface area contributed by atoms with Crippen LogP contribution in [0.2, 0.25) is 0 Å². The second-order valence-electron chi connectivity index (χ2n) is 6.82. The summed E-state index contributed by atoms with van der Waals surface area (Å²) in [6, 6.07) is 7.50.